The molecular weight excluding hydrogens is 204 g/mol. The van der Waals surface area contributed by atoms with Crippen molar-refractivity contribution < 1.29 is 9.59 Å². The van der Waals surface area contributed by atoms with Gasteiger partial charge in [0.15, 0.2) is 0 Å². The Morgan fingerprint density at radius 1 is 1.44 bits per heavy atom. The first-order valence-electron chi connectivity index (χ1n) is 5.45. The van der Waals surface area contributed by atoms with Crippen LogP contribution in [0.4, 0.5) is 0 Å². The lowest BCUT2D eigenvalue weighted by Crippen LogP contribution is -2.51. The number of aromatic nitrogens is 1. The minimum Gasteiger partial charge on any atom is -0.296 e. The Balaban J connectivity index is 2.40. The normalized spacial score (nSPS) is 25.3. The third-order valence-corrected chi connectivity index (χ3v) is 3.23. The van der Waals surface area contributed by atoms with Gasteiger partial charge in [0.25, 0.3) is 0 Å². The van der Waals surface area contributed by atoms with Crippen molar-refractivity contribution in [2.45, 2.75) is 31.6 Å². The monoisotopic (exact) mass is 218 g/mol. The second-order valence-electron chi connectivity index (χ2n) is 4.03. The molecule has 1 atom stereocenters. The van der Waals surface area contributed by atoms with Crippen molar-refractivity contribution in [2.75, 3.05) is 0 Å². The van der Waals surface area contributed by atoms with Crippen LogP contribution in [-0.4, -0.2) is 16.8 Å². The fraction of sp³-hybridized carbons (Fsp3) is 0.417. The molecule has 1 aliphatic heterocycles. The summed E-state index contributed by atoms with van der Waals surface area (Å²) in [7, 11) is 0. The first kappa shape index (κ1) is 10.8. The molecule has 2 amide bonds. The molecule has 0 bridgehead atoms. The highest BCUT2D eigenvalue weighted by atomic mass is 16.2. The summed E-state index contributed by atoms with van der Waals surface area (Å²) >= 11 is 0. The lowest BCUT2D eigenvalue weighted by Gasteiger charge is -2.33. The molecule has 1 N–H and O–H groups in total. The highest BCUT2D eigenvalue weighted by Crippen LogP contribution is 2.34. The van der Waals surface area contributed by atoms with Crippen molar-refractivity contribution in [2.24, 2.45) is 0 Å². The van der Waals surface area contributed by atoms with E-state index in [2.05, 4.69) is 10.3 Å². The number of carbonyl (C=O) groups is 2. The highest BCUT2D eigenvalue weighted by Gasteiger charge is 2.43. The van der Waals surface area contributed by atoms with Crippen LogP contribution in [0.2, 0.25) is 0 Å². The Labute approximate surface area is 94.1 Å². The maximum Gasteiger partial charge on any atom is 0.238 e. The predicted molar refractivity (Wildman–Crippen MR) is 58.6 cm³/mol. The van der Waals surface area contributed by atoms with Crippen molar-refractivity contribution in [3.8, 4) is 0 Å². The first-order valence-corrected chi connectivity index (χ1v) is 5.45. The zero-order chi connectivity index (χ0) is 11.6. The molecule has 1 aromatic heterocycles. The van der Waals surface area contributed by atoms with Crippen molar-refractivity contribution in [3.05, 3.63) is 30.1 Å². The SMILES string of the molecule is CCC1(c2ccccn2)CCC(=O)NC1=O. The zero-order valence-electron chi connectivity index (χ0n) is 9.19. The summed E-state index contributed by atoms with van der Waals surface area (Å²) in [4.78, 5) is 27.4. The van der Waals surface area contributed by atoms with Crippen LogP contribution in [0, 0.1) is 0 Å². The number of carbonyl (C=O) groups excluding carboxylic acids is 2. The number of nitrogens with zero attached hydrogens (tertiary/aromatic N) is 1. The fourth-order valence-corrected chi connectivity index (χ4v) is 2.16. The van der Waals surface area contributed by atoms with Crippen LogP contribution in [0.5, 0.6) is 0 Å². The van der Waals surface area contributed by atoms with E-state index in [0.717, 1.165) is 5.69 Å². The van der Waals surface area contributed by atoms with Gasteiger partial charge in [0.2, 0.25) is 11.8 Å². The van der Waals surface area contributed by atoms with E-state index in [-0.39, 0.29) is 11.8 Å². The molecule has 16 heavy (non-hydrogen) atoms. The molecule has 0 aliphatic carbocycles. The predicted octanol–water partition coefficient (Wildman–Crippen LogP) is 1.17. The molecular formula is C12H14N2O2. The Bertz CT molecular complexity index is 416. The summed E-state index contributed by atoms with van der Waals surface area (Å²) in [5.41, 5.74) is 0.123. The minimum atomic E-state index is -0.630. The Hall–Kier alpha value is -1.71. The number of piperidine rings is 1. The molecule has 2 heterocycles. The number of hydrogen-bond donors (Lipinski definition) is 1. The highest BCUT2D eigenvalue weighted by molar-refractivity contribution is 6.03. The Morgan fingerprint density at radius 2 is 2.25 bits per heavy atom. The van der Waals surface area contributed by atoms with Gasteiger partial charge in [0, 0.05) is 12.6 Å². The van der Waals surface area contributed by atoms with Gasteiger partial charge in [0.1, 0.15) is 0 Å². The van der Waals surface area contributed by atoms with Crippen LogP contribution in [-0.2, 0) is 15.0 Å². The summed E-state index contributed by atoms with van der Waals surface area (Å²) in [5.74, 6) is -0.407. The van der Waals surface area contributed by atoms with Gasteiger partial charge < -0.3 is 0 Å². The first-order chi connectivity index (χ1) is 7.69. The topological polar surface area (TPSA) is 59.1 Å². The second-order valence-corrected chi connectivity index (χ2v) is 4.03. The molecule has 2 rings (SSSR count). The molecule has 1 saturated heterocycles. The smallest absolute Gasteiger partial charge is 0.238 e. The summed E-state index contributed by atoms with van der Waals surface area (Å²) < 4.78 is 0. The van der Waals surface area contributed by atoms with E-state index in [4.69, 9.17) is 0 Å². The van der Waals surface area contributed by atoms with Gasteiger partial charge in [0.05, 0.1) is 11.1 Å². The van der Waals surface area contributed by atoms with Gasteiger partial charge in [-0.3, -0.25) is 19.9 Å². The maximum atomic E-state index is 12.0. The second kappa shape index (κ2) is 4.04. The number of amides is 2. The maximum absolute atomic E-state index is 12.0. The van der Waals surface area contributed by atoms with Crippen LogP contribution in [0.25, 0.3) is 0 Å². The van der Waals surface area contributed by atoms with Crippen molar-refractivity contribution in [3.63, 3.8) is 0 Å². The third kappa shape index (κ3) is 1.60. The number of nitrogens with one attached hydrogen (secondary N) is 1. The van der Waals surface area contributed by atoms with E-state index in [9.17, 15) is 9.59 Å². The van der Waals surface area contributed by atoms with Crippen LogP contribution >= 0.6 is 0 Å². The van der Waals surface area contributed by atoms with E-state index in [1.807, 2.05) is 25.1 Å². The van der Waals surface area contributed by atoms with Gasteiger partial charge in [-0.15, -0.1) is 0 Å². The molecule has 0 radical (unpaired) electrons. The molecule has 1 unspecified atom stereocenters. The summed E-state index contributed by atoms with van der Waals surface area (Å²) in [6, 6.07) is 5.53. The molecule has 1 aromatic rings. The summed E-state index contributed by atoms with van der Waals surface area (Å²) in [6.07, 6.45) is 3.26. The van der Waals surface area contributed by atoms with Gasteiger partial charge in [-0.05, 0) is 25.0 Å². The molecule has 84 valence electrons. The van der Waals surface area contributed by atoms with Crippen LogP contribution < -0.4 is 5.32 Å². The molecule has 1 fully saturated rings. The zero-order valence-corrected chi connectivity index (χ0v) is 9.19. The third-order valence-electron chi connectivity index (χ3n) is 3.23. The largest absolute Gasteiger partial charge is 0.296 e. The lowest BCUT2D eigenvalue weighted by molar-refractivity contribution is -0.138. The van der Waals surface area contributed by atoms with Crippen molar-refractivity contribution in [1.82, 2.24) is 10.3 Å². The molecule has 0 saturated carbocycles. The van der Waals surface area contributed by atoms with Gasteiger partial charge in [-0.25, -0.2) is 0 Å². The Morgan fingerprint density at radius 3 is 2.81 bits per heavy atom. The van der Waals surface area contributed by atoms with Gasteiger partial charge in [-0.1, -0.05) is 13.0 Å². The molecule has 4 nitrogen and oxygen atoms in total. The lowest BCUT2D eigenvalue weighted by atomic mass is 9.74. The van der Waals surface area contributed by atoms with E-state index >= 15 is 0 Å². The van der Waals surface area contributed by atoms with Crippen LogP contribution in [0.15, 0.2) is 24.4 Å². The number of rotatable bonds is 2. The van der Waals surface area contributed by atoms with Gasteiger partial charge >= 0.3 is 0 Å². The molecule has 0 aromatic carbocycles. The van der Waals surface area contributed by atoms with Gasteiger partial charge in [-0.2, -0.15) is 0 Å². The number of imide groups is 1. The van der Waals surface area contributed by atoms with Crippen LogP contribution in [0.1, 0.15) is 31.9 Å². The van der Waals surface area contributed by atoms with Crippen molar-refractivity contribution >= 4 is 11.8 Å². The Kier molecular flexibility index (Phi) is 2.73. The fourth-order valence-electron chi connectivity index (χ4n) is 2.16. The van der Waals surface area contributed by atoms with Crippen molar-refractivity contribution in [1.29, 1.82) is 0 Å². The quantitative estimate of drug-likeness (QED) is 0.758. The number of hydrogen-bond acceptors (Lipinski definition) is 3. The molecule has 4 heteroatoms. The number of pyridine rings is 1. The summed E-state index contributed by atoms with van der Waals surface area (Å²) in [5, 5.41) is 2.40. The molecule has 0 spiro atoms. The standard InChI is InChI=1S/C12H14N2O2/c1-2-12(9-5-3-4-8-13-9)7-6-10(15)14-11(12)16/h3-5,8H,2,6-7H2,1H3,(H,14,15,16). The van der Waals surface area contributed by atoms with Crippen LogP contribution in [0.3, 0.4) is 0 Å². The minimum absolute atomic E-state index is 0.190. The average Bonchev–Trinajstić information content (AvgIpc) is 2.31. The average molecular weight is 218 g/mol. The van der Waals surface area contributed by atoms with E-state index in [1.165, 1.54) is 0 Å². The molecule has 1 aliphatic rings. The van der Waals surface area contributed by atoms with E-state index < -0.39 is 5.41 Å². The van der Waals surface area contributed by atoms with E-state index in [0.29, 0.717) is 19.3 Å². The van der Waals surface area contributed by atoms with E-state index in [1.54, 1.807) is 6.20 Å². The summed E-state index contributed by atoms with van der Waals surface area (Å²) in [6.45, 7) is 1.95.